The van der Waals surface area contributed by atoms with Crippen molar-refractivity contribution in [3.8, 4) is 0 Å². The highest BCUT2D eigenvalue weighted by Crippen LogP contribution is 2.18. The molecule has 0 aromatic rings. The van der Waals surface area contributed by atoms with E-state index in [1.807, 2.05) is 7.05 Å². The summed E-state index contributed by atoms with van der Waals surface area (Å²) in [5.41, 5.74) is 2.47. The van der Waals surface area contributed by atoms with E-state index in [1.165, 1.54) is 17.7 Å². The van der Waals surface area contributed by atoms with Crippen molar-refractivity contribution in [2.24, 2.45) is 4.99 Å². The van der Waals surface area contributed by atoms with Crippen LogP contribution >= 0.6 is 0 Å². The Hall–Kier alpha value is -0.590. The maximum atomic E-state index is 4.09. The van der Waals surface area contributed by atoms with Crippen LogP contribution in [0.1, 0.15) is 19.3 Å². The molecule has 0 radical (unpaired) electrons. The van der Waals surface area contributed by atoms with Gasteiger partial charge in [-0.05, 0) is 24.8 Å². The van der Waals surface area contributed by atoms with E-state index in [1.54, 1.807) is 0 Å². The minimum Gasteiger partial charge on any atom is -0.293 e. The number of allylic oxidation sites excluding steroid dienone is 1. The van der Waals surface area contributed by atoms with E-state index in [-0.39, 0.29) is 0 Å². The lowest BCUT2D eigenvalue weighted by atomic mass is 10.2. The third-order valence-corrected chi connectivity index (χ3v) is 1.57. The number of hydrogen-bond acceptors (Lipinski definition) is 1. The summed E-state index contributed by atoms with van der Waals surface area (Å²) in [7, 11) is 1.84. The fourth-order valence-electron chi connectivity index (χ4n) is 1.06. The highest BCUT2D eigenvalue weighted by Gasteiger charge is 2.10. The molecule has 1 heteroatoms. The van der Waals surface area contributed by atoms with Crippen LogP contribution < -0.4 is 0 Å². The van der Waals surface area contributed by atoms with Gasteiger partial charge in [-0.1, -0.05) is 6.58 Å². The minimum atomic E-state index is 1.15. The quantitative estimate of drug-likeness (QED) is 0.449. The normalized spacial score (nSPS) is 25.1. The van der Waals surface area contributed by atoms with E-state index in [0.29, 0.717) is 0 Å². The van der Waals surface area contributed by atoms with Gasteiger partial charge in [0.2, 0.25) is 0 Å². The van der Waals surface area contributed by atoms with Gasteiger partial charge < -0.3 is 0 Å². The van der Waals surface area contributed by atoms with Crippen LogP contribution in [0, 0.1) is 0 Å². The van der Waals surface area contributed by atoms with Crippen molar-refractivity contribution in [2.75, 3.05) is 7.05 Å². The van der Waals surface area contributed by atoms with Crippen LogP contribution in [0.3, 0.4) is 0 Å². The van der Waals surface area contributed by atoms with Crippen LogP contribution in [0.5, 0.6) is 0 Å². The number of rotatable bonds is 0. The van der Waals surface area contributed by atoms with Crippen molar-refractivity contribution < 1.29 is 0 Å². The van der Waals surface area contributed by atoms with Crippen molar-refractivity contribution >= 4 is 5.71 Å². The highest BCUT2D eigenvalue weighted by molar-refractivity contribution is 6.01. The molecule has 44 valence electrons. The van der Waals surface area contributed by atoms with Gasteiger partial charge in [0.1, 0.15) is 0 Å². The summed E-state index contributed by atoms with van der Waals surface area (Å²) in [6, 6.07) is 0. The molecule has 1 aliphatic rings. The molecule has 0 amide bonds. The zero-order valence-electron chi connectivity index (χ0n) is 5.28. The average molecular weight is 109 g/mol. The molecule has 0 atom stereocenters. The fraction of sp³-hybridized carbons (Fsp3) is 0.571. The largest absolute Gasteiger partial charge is 0.293 e. The molecule has 0 aliphatic heterocycles. The van der Waals surface area contributed by atoms with Gasteiger partial charge in [0, 0.05) is 12.8 Å². The van der Waals surface area contributed by atoms with Gasteiger partial charge in [-0.25, -0.2) is 0 Å². The number of hydrogen-bond donors (Lipinski definition) is 0. The molecule has 0 aromatic carbocycles. The first-order valence-electron chi connectivity index (χ1n) is 2.98. The second kappa shape index (κ2) is 2.12. The van der Waals surface area contributed by atoms with Gasteiger partial charge in [-0.2, -0.15) is 0 Å². The SMILES string of the molecule is C=C1CCCC1=NC. The second-order valence-electron chi connectivity index (χ2n) is 2.13. The van der Waals surface area contributed by atoms with Crippen LogP contribution in [0.2, 0.25) is 0 Å². The summed E-state index contributed by atoms with van der Waals surface area (Å²) in [4.78, 5) is 4.09. The summed E-state index contributed by atoms with van der Waals surface area (Å²) in [6.45, 7) is 3.88. The minimum absolute atomic E-state index is 1.15. The molecular weight excluding hydrogens is 98.1 g/mol. The Labute approximate surface area is 50.1 Å². The average Bonchev–Trinajstić information content (AvgIpc) is 2.14. The Morgan fingerprint density at radius 1 is 1.50 bits per heavy atom. The third-order valence-electron chi connectivity index (χ3n) is 1.57. The molecule has 0 aromatic heterocycles. The van der Waals surface area contributed by atoms with Crippen LogP contribution in [-0.2, 0) is 0 Å². The maximum absolute atomic E-state index is 4.09. The standard InChI is InChI=1S/C7H11N/c1-6-4-3-5-7(6)8-2/h1,3-5H2,2H3. The fourth-order valence-corrected chi connectivity index (χ4v) is 1.06. The predicted molar refractivity (Wildman–Crippen MR) is 36.4 cm³/mol. The summed E-state index contributed by atoms with van der Waals surface area (Å²) in [5, 5.41) is 0. The Bertz CT molecular complexity index is 133. The zero-order valence-corrected chi connectivity index (χ0v) is 5.28. The van der Waals surface area contributed by atoms with Crippen molar-refractivity contribution in [3.63, 3.8) is 0 Å². The molecule has 1 fully saturated rings. The zero-order chi connectivity index (χ0) is 5.98. The third kappa shape index (κ3) is 0.808. The highest BCUT2D eigenvalue weighted by atomic mass is 14.7. The van der Waals surface area contributed by atoms with Crippen molar-refractivity contribution in [1.29, 1.82) is 0 Å². The lowest BCUT2D eigenvalue weighted by Gasteiger charge is -1.90. The number of nitrogens with zero attached hydrogens (tertiary/aromatic N) is 1. The lowest BCUT2D eigenvalue weighted by Crippen LogP contribution is -1.89. The second-order valence-corrected chi connectivity index (χ2v) is 2.13. The molecule has 1 saturated carbocycles. The van der Waals surface area contributed by atoms with Gasteiger partial charge >= 0.3 is 0 Å². The lowest BCUT2D eigenvalue weighted by molar-refractivity contribution is 0.948. The molecule has 1 nitrogen and oxygen atoms in total. The molecule has 0 heterocycles. The smallest absolute Gasteiger partial charge is 0.0371 e. The van der Waals surface area contributed by atoms with E-state index in [0.717, 1.165) is 12.8 Å². The van der Waals surface area contributed by atoms with Crippen molar-refractivity contribution in [1.82, 2.24) is 0 Å². The molecule has 1 rings (SSSR count). The Balaban J connectivity index is 2.69. The maximum Gasteiger partial charge on any atom is 0.0371 e. The van der Waals surface area contributed by atoms with Gasteiger partial charge in [0.05, 0.1) is 0 Å². The van der Waals surface area contributed by atoms with E-state index in [9.17, 15) is 0 Å². The number of aliphatic imine (C=N–C) groups is 1. The van der Waals surface area contributed by atoms with E-state index < -0.39 is 0 Å². The van der Waals surface area contributed by atoms with Gasteiger partial charge in [0.15, 0.2) is 0 Å². The topological polar surface area (TPSA) is 12.4 Å². The summed E-state index contributed by atoms with van der Waals surface area (Å²) in [5.74, 6) is 0. The molecule has 0 N–H and O–H groups in total. The molecule has 0 unspecified atom stereocenters. The Morgan fingerprint density at radius 3 is 2.50 bits per heavy atom. The molecule has 1 aliphatic carbocycles. The van der Waals surface area contributed by atoms with Crippen LogP contribution in [-0.4, -0.2) is 12.8 Å². The van der Waals surface area contributed by atoms with Gasteiger partial charge in [0.25, 0.3) is 0 Å². The predicted octanol–water partition coefficient (Wildman–Crippen LogP) is 1.80. The van der Waals surface area contributed by atoms with Crippen molar-refractivity contribution in [2.45, 2.75) is 19.3 Å². The van der Waals surface area contributed by atoms with Crippen LogP contribution in [0.25, 0.3) is 0 Å². The Morgan fingerprint density at radius 2 is 2.25 bits per heavy atom. The molecule has 0 bridgehead atoms. The summed E-state index contributed by atoms with van der Waals surface area (Å²) in [6.07, 6.45) is 3.56. The Kier molecular flexibility index (Phi) is 1.47. The van der Waals surface area contributed by atoms with Crippen molar-refractivity contribution in [3.05, 3.63) is 12.2 Å². The molecule has 0 saturated heterocycles. The van der Waals surface area contributed by atoms with E-state index in [4.69, 9.17) is 0 Å². The van der Waals surface area contributed by atoms with E-state index >= 15 is 0 Å². The molecular formula is C7H11N. The summed E-state index contributed by atoms with van der Waals surface area (Å²) < 4.78 is 0. The van der Waals surface area contributed by atoms with E-state index in [2.05, 4.69) is 11.6 Å². The van der Waals surface area contributed by atoms with Gasteiger partial charge in [-0.15, -0.1) is 0 Å². The molecule has 0 spiro atoms. The first-order valence-corrected chi connectivity index (χ1v) is 2.98. The monoisotopic (exact) mass is 109 g/mol. The van der Waals surface area contributed by atoms with Gasteiger partial charge in [-0.3, -0.25) is 4.99 Å². The first kappa shape index (κ1) is 5.54. The van der Waals surface area contributed by atoms with Crippen LogP contribution in [0.4, 0.5) is 0 Å². The summed E-state index contributed by atoms with van der Waals surface area (Å²) >= 11 is 0. The first-order chi connectivity index (χ1) is 3.84. The van der Waals surface area contributed by atoms with Crippen LogP contribution in [0.15, 0.2) is 17.1 Å². The molecule has 8 heavy (non-hydrogen) atoms.